The SMILES string of the molecule is Cc1nc(C)c(Cl)c(OCC(=O)Nc2cc(Cl)cc(Cl)c2)c1Cl. The van der Waals surface area contributed by atoms with Crippen LogP contribution in [-0.4, -0.2) is 17.5 Å². The first-order valence-corrected chi connectivity index (χ1v) is 8.00. The van der Waals surface area contributed by atoms with E-state index < -0.39 is 5.91 Å². The third-order valence-corrected chi connectivity index (χ3v) is 4.19. The van der Waals surface area contributed by atoms with E-state index in [2.05, 4.69) is 10.3 Å². The number of rotatable bonds is 4. The quantitative estimate of drug-likeness (QED) is 0.763. The van der Waals surface area contributed by atoms with Gasteiger partial charge in [0.05, 0.1) is 11.4 Å². The van der Waals surface area contributed by atoms with Crippen LogP contribution in [0.2, 0.25) is 20.1 Å². The standard InChI is InChI=1S/C15H12Cl4N2O2/c1-7-13(18)15(14(19)8(2)20-7)23-6-12(22)21-11-4-9(16)3-10(17)5-11/h3-5H,6H2,1-2H3,(H,21,22). The summed E-state index contributed by atoms with van der Waals surface area (Å²) in [5.41, 5.74) is 1.62. The molecule has 1 N–H and O–H groups in total. The van der Waals surface area contributed by atoms with E-state index in [1.165, 1.54) is 0 Å². The van der Waals surface area contributed by atoms with Crippen LogP contribution in [0.25, 0.3) is 0 Å². The molecule has 1 aromatic carbocycles. The lowest BCUT2D eigenvalue weighted by molar-refractivity contribution is -0.118. The van der Waals surface area contributed by atoms with Crippen molar-refractivity contribution in [3.63, 3.8) is 0 Å². The molecule has 0 saturated carbocycles. The summed E-state index contributed by atoms with van der Waals surface area (Å²) in [6.45, 7) is 3.19. The van der Waals surface area contributed by atoms with Crippen molar-refractivity contribution in [1.29, 1.82) is 0 Å². The van der Waals surface area contributed by atoms with E-state index in [1.54, 1.807) is 32.0 Å². The van der Waals surface area contributed by atoms with E-state index in [1.807, 2.05) is 0 Å². The summed E-state index contributed by atoms with van der Waals surface area (Å²) >= 11 is 24.0. The fourth-order valence-corrected chi connectivity index (χ4v) is 2.82. The first-order chi connectivity index (χ1) is 10.8. The normalized spacial score (nSPS) is 10.5. The molecule has 1 amide bonds. The second-order valence-corrected chi connectivity index (χ2v) is 6.36. The molecule has 122 valence electrons. The minimum absolute atomic E-state index is 0.234. The number of amides is 1. The fraction of sp³-hybridized carbons (Fsp3) is 0.200. The van der Waals surface area contributed by atoms with Gasteiger partial charge in [0.2, 0.25) is 0 Å². The maximum atomic E-state index is 12.0. The molecule has 0 radical (unpaired) electrons. The Kier molecular flexibility index (Phi) is 5.98. The van der Waals surface area contributed by atoms with Gasteiger partial charge in [-0.3, -0.25) is 9.78 Å². The Morgan fingerprint density at radius 2 is 1.57 bits per heavy atom. The zero-order valence-electron chi connectivity index (χ0n) is 12.2. The highest BCUT2D eigenvalue weighted by Gasteiger charge is 2.16. The Labute approximate surface area is 153 Å². The molecule has 0 aliphatic carbocycles. The molecule has 0 bridgehead atoms. The summed E-state index contributed by atoms with van der Waals surface area (Å²) in [6.07, 6.45) is 0. The zero-order valence-corrected chi connectivity index (χ0v) is 15.2. The maximum absolute atomic E-state index is 12.0. The highest BCUT2D eigenvalue weighted by molar-refractivity contribution is 6.37. The second kappa shape index (κ2) is 7.58. The predicted octanol–water partition coefficient (Wildman–Crippen LogP) is 5.33. The zero-order chi connectivity index (χ0) is 17.1. The lowest BCUT2D eigenvalue weighted by atomic mass is 10.3. The van der Waals surface area contributed by atoms with Crippen molar-refractivity contribution >= 4 is 58.0 Å². The van der Waals surface area contributed by atoms with Gasteiger partial charge >= 0.3 is 0 Å². The Hall–Kier alpha value is -1.20. The maximum Gasteiger partial charge on any atom is 0.262 e. The largest absolute Gasteiger partial charge is 0.480 e. The monoisotopic (exact) mass is 392 g/mol. The lowest BCUT2D eigenvalue weighted by Crippen LogP contribution is -2.20. The second-order valence-electron chi connectivity index (χ2n) is 4.73. The van der Waals surface area contributed by atoms with Gasteiger partial charge < -0.3 is 10.1 Å². The topological polar surface area (TPSA) is 51.2 Å². The van der Waals surface area contributed by atoms with Crippen LogP contribution in [0.3, 0.4) is 0 Å². The molecule has 8 heteroatoms. The average molecular weight is 394 g/mol. The predicted molar refractivity (Wildman–Crippen MR) is 94.3 cm³/mol. The number of aromatic nitrogens is 1. The summed E-state index contributed by atoms with van der Waals surface area (Å²) in [5, 5.41) is 4.02. The number of nitrogens with one attached hydrogen (secondary N) is 1. The Morgan fingerprint density at radius 3 is 2.09 bits per heavy atom. The number of nitrogens with zero attached hydrogens (tertiary/aromatic N) is 1. The number of ether oxygens (including phenoxy) is 1. The number of hydrogen-bond acceptors (Lipinski definition) is 3. The number of anilines is 1. The molecule has 2 aromatic rings. The van der Waals surface area contributed by atoms with Crippen molar-refractivity contribution in [3.05, 3.63) is 49.7 Å². The minimum atomic E-state index is -0.400. The molecular weight excluding hydrogens is 382 g/mol. The molecule has 0 fully saturated rings. The molecule has 0 saturated heterocycles. The highest BCUT2D eigenvalue weighted by Crippen LogP contribution is 2.36. The summed E-state index contributed by atoms with van der Waals surface area (Å²) in [5.74, 6) is -0.166. The van der Waals surface area contributed by atoms with Crippen LogP contribution in [0, 0.1) is 13.8 Å². The molecule has 4 nitrogen and oxygen atoms in total. The summed E-state index contributed by atoms with van der Waals surface area (Å²) in [4.78, 5) is 16.2. The number of benzene rings is 1. The molecular formula is C15H12Cl4N2O2. The first kappa shape index (κ1) is 18.1. The van der Waals surface area contributed by atoms with Gasteiger partial charge in [0.1, 0.15) is 10.0 Å². The van der Waals surface area contributed by atoms with Gasteiger partial charge in [0, 0.05) is 15.7 Å². The molecule has 23 heavy (non-hydrogen) atoms. The Balaban J connectivity index is 2.08. The van der Waals surface area contributed by atoms with Gasteiger partial charge in [-0.1, -0.05) is 46.4 Å². The molecule has 0 atom stereocenters. The van der Waals surface area contributed by atoms with Gasteiger partial charge in [-0.25, -0.2) is 0 Å². The van der Waals surface area contributed by atoms with E-state index in [9.17, 15) is 4.79 Å². The third-order valence-electron chi connectivity index (χ3n) is 2.86. The lowest BCUT2D eigenvalue weighted by Gasteiger charge is -2.13. The fourth-order valence-electron chi connectivity index (χ4n) is 1.86. The van der Waals surface area contributed by atoms with Gasteiger partial charge in [-0.15, -0.1) is 0 Å². The third kappa shape index (κ3) is 4.64. The molecule has 0 unspecified atom stereocenters. The number of pyridine rings is 1. The van der Waals surface area contributed by atoms with Gasteiger partial charge in [0.15, 0.2) is 12.4 Å². The highest BCUT2D eigenvalue weighted by atomic mass is 35.5. The van der Waals surface area contributed by atoms with Crippen LogP contribution >= 0.6 is 46.4 Å². The van der Waals surface area contributed by atoms with E-state index in [0.29, 0.717) is 27.1 Å². The number of halogens is 4. The van der Waals surface area contributed by atoms with Gasteiger partial charge in [-0.05, 0) is 32.0 Å². The van der Waals surface area contributed by atoms with Crippen molar-refractivity contribution in [2.75, 3.05) is 11.9 Å². The van der Waals surface area contributed by atoms with Crippen molar-refractivity contribution in [3.8, 4) is 5.75 Å². The molecule has 2 rings (SSSR count). The average Bonchev–Trinajstić information content (AvgIpc) is 2.44. The number of aryl methyl sites for hydroxylation is 2. The van der Waals surface area contributed by atoms with Crippen molar-refractivity contribution in [1.82, 2.24) is 4.98 Å². The summed E-state index contributed by atoms with van der Waals surface area (Å²) in [7, 11) is 0. The molecule has 0 spiro atoms. The van der Waals surface area contributed by atoms with E-state index in [-0.39, 0.29) is 22.4 Å². The van der Waals surface area contributed by atoms with Crippen molar-refractivity contribution < 1.29 is 9.53 Å². The van der Waals surface area contributed by atoms with Crippen LogP contribution in [0.5, 0.6) is 5.75 Å². The van der Waals surface area contributed by atoms with E-state index >= 15 is 0 Å². The summed E-state index contributed by atoms with van der Waals surface area (Å²) in [6, 6.07) is 4.72. The Bertz CT molecular complexity index is 719. The molecule has 0 aliphatic heterocycles. The summed E-state index contributed by atoms with van der Waals surface area (Å²) < 4.78 is 5.44. The van der Waals surface area contributed by atoms with Crippen LogP contribution in [0.4, 0.5) is 5.69 Å². The van der Waals surface area contributed by atoms with Gasteiger partial charge in [0.25, 0.3) is 5.91 Å². The van der Waals surface area contributed by atoms with E-state index in [0.717, 1.165) is 0 Å². The number of carbonyl (C=O) groups excluding carboxylic acids is 1. The van der Waals surface area contributed by atoms with Crippen molar-refractivity contribution in [2.24, 2.45) is 0 Å². The van der Waals surface area contributed by atoms with Gasteiger partial charge in [-0.2, -0.15) is 0 Å². The smallest absolute Gasteiger partial charge is 0.262 e. The van der Waals surface area contributed by atoms with Crippen molar-refractivity contribution in [2.45, 2.75) is 13.8 Å². The van der Waals surface area contributed by atoms with Crippen LogP contribution < -0.4 is 10.1 Å². The molecule has 1 heterocycles. The van der Waals surface area contributed by atoms with Crippen LogP contribution in [-0.2, 0) is 4.79 Å². The van der Waals surface area contributed by atoms with Crippen LogP contribution in [0.1, 0.15) is 11.4 Å². The Morgan fingerprint density at radius 1 is 1.04 bits per heavy atom. The first-order valence-electron chi connectivity index (χ1n) is 6.49. The molecule has 0 aliphatic rings. The minimum Gasteiger partial charge on any atom is -0.480 e. The van der Waals surface area contributed by atoms with Crippen LogP contribution in [0.15, 0.2) is 18.2 Å². The van der Waals surface area contributed by atoms with E-state index in [4.69, 9.17) is 51.1 Å². The molecule has 1 aromatic heterocycles. The number of hydrogen-bond donors (Lipinski definition) is 1. The number of carbonyl (C=O) groups is 1.